The third-order valence-corrected chi connectivity index (χ3v) is 2.17. The lowest BCUT2D eigenvalue weighted by Gasteiger charge is -2.04. The van der Waals surface area contributed by atoms with Crippen molar-refractivity contribution in [3.8, 4) is 0 Å². The summed E-state index contributed by atoms with van der Waals surface area (Å²) in [5.74, 6) is -0.194. The summed E-state index contributed by atoms with van der Waals surface area (Å²) in [7, 11) is 0. The van der Waals surface area contributed by atoms with E-state index in [2.05, 4.69) is 6.58 Å². The highest BCUT2D eigenvalue weighted by molar-refractivity contribution is 6.29. The first-order chi connectivity index (χ1) is 6.09. The molecule has 0 amide bonds. The molecule has 0 radical (unpaired) electrons. The molecule has 0 bridgehead atoms. The second-order valence-corrected chi connectivity index (χ2v) is 3.62. The molecule has 0 saturated carbocycles. The molecule has 0 saturated heterocycles. The highest BCUT2D eigenvalue weighted by Crippen LogP contribution is 2.15. The third-order valence-electron chi connectivity index (χ3n) is 1.98. The second kappa shape index (κ2) is 4.43. The molecule has 0 spiro atoms. The molecule has 1 aromatic rings. The third kappa shape index (κ3) is 3.19. The van der Waals surface area contributed by atoms with Crippen LogP contribution in [0.15, 0.2) is 29.8 Å². The number of hydrogen-bond donors (Lipinski definition) is 0. The van der Waals surface area contributed by atoms with E-state index in [1.165, 1.54) is 6.07 Å². The molecule has 13 heavy (non-hydrogen) atoms. The van der Waals surface area contributed by atoms with Gasteiger partial charge >= 0.3 is 0 Å². The maximum atomic E-state index is 12.8. The van der Waals surface area contributed by atoms with Gasteiger partial charge in [0.15, 0.2) is 0 Å². The number of benzene rings is 1. The molecule has 0 aliphatic heterocycles. The van der Waals surface area contributed by atoms with Crippen LogP contribution >= 0.6 is 11.6 Å². The molecule has 0 nitrogen and oxygen atoms in total. The predicted molar refractivity (Wildman–Crippen MR) is 54.5 cm³/mol. The Hall–Kier alpha value is -0.820. The summed E-state index contributed by atoms with van der Waals surface area (Å²) in [5.41, 5.74) is 2.10. The molecule has 70 valence electrons. The lowest BCUT2D eigenvalue weighted by atomic mass is 10.0. The van der Waals surface area contributed by atoms with Crippen LogP contribution in [0.2, 0.25) is 0 Å². The number of aryl methyl sites for hydroxylation is 2. The van der Waals surface area contributed by atoms with Gasteiger partial charge in [0.2, 0.25) is 0 Å². The maximum absolute atomic E-state index is 12.8. The number of hydrogen-bond acceptors (Lipinski definition) is 0. The predicted octanol–water partition coefficient (Wildman–Crippen LogP) is 3.82. The van der Waals surface area contributed by atoms with E-state index < -0.39 is 0 Å². The lowest BCUT2D eigenvalue weighted by Crippen LogP contribution is -1.90. The van der Waals surface area contributed by atoms with E-state index in [-0.39, 0.29) is 5.82 Å². The van der Waals surface area contributed by atoms with E-state index in [0.717, 1.165) is 17.5 Å². The summed E-state index contributed by atoms with van der Waals surface area (Å²) >= 11 is 5.63. The van der Waals surface area contributed by atoms with Gasteiger partial charge in [-0.05, 0) is 43.0 Å². The van der Waals surface area contributed by atoms with E-state index in [0.29, 0.717) is 11.5 Å². The quantitative estimate of drug-likeness (QED) is 0.693. The van der Waals surface area contributed by atoms with E-state index >= 15 is 0 Å². The normalized spacial score (nSPS) is 10.1. The molecule has 0 fully saturated rings. The Bertz CT molecular complexity index is 318. The molecule has 0 N–H and O–H groups in total. The van der Waals surface area contributed by atoms with Gasteiger partial charge in [0.25, 0.3) is 0 Å². The van der Waals surface area contributed by atoms with Crippen molar-refractivity contribution >= 4 is 11.6 Å². The van der Waals surface area contributed by atoms with E-state index in [9.17, 15) is 4.39 Å². The summed E-state index contributed by atoms with van der Waals surface area (Å²) < 4.78 is 12.8. The van der Waals surface area contributed by atoms with Crippen LogP contribution in [0.5, 0.6) is 0 Å². The molecule has 0 heterocycles. The Balaban J connectivity index is 2.75. The van der Waals surface area contributed by atoms with E-state index in [4.69, 9.17) is 11.6 Å². The summed E-state index contributed by atoms with van der Waals surface area (Å²) in [6.07, 6.45) is 1.46. The van der Waals surface area contributed by atoms with Crippen molar-refractivity contribution in [1.29, 1.82) is 0 Å². The SMILES string of the molecule is C=C(Cl)CCc1cc(F)ccc1C. The minimum atomic E-state index is -0.194. The fourth-order valence-electron chi connectivity index (χ4n) is 1.18. The van der Waals surface area contributed by atoms with Gasteiger partial charge in [0.05, 0.1) is 0 Å². The van der Waals surface area contributed by atoms with Crippen molar-refractivity contribution in [3.05, 3.63) is 46.8 Å². The molecule has 0 aromatic heterocycles. The van der Waals surface area contributed by atoms with Crippen LogP contribution in [0, 0.1) is 12.7 Å². The Kier molecular flexibility index (Phi) is 3.49. The number of halogens is 2. The molecule has 0 aliphatic rings. The second-order valence-electron chi connectivity index (χ2n) is 3.09. The van der Waals surface area contributed by atoms with Crippen LogP contribution in [0.4, 0.5) is 4.39 Å². The van der Waals surface area contributed by atoms with E-state index in [1.54, 1.807) is 12.1 Å². The average molecular weight is 199 g/mol. The van der Waals surface area contributed by atoms with E-state index in [1.807, 2.05) is 6.92 Å². The minimum absolute atomic E-state index is 0.194. The Morgan fingerprint density at radius 1 is 1.54 bits per heavy atom. The fourth-order valence-corrected chi connectivity index (χ4v) is 1.27. The highest BCUT2D eigenvalue weighted by atomic mass is 35.5. The average Bonchev–Trinajstić information content (AvgIpc) is 2.06. The smallest absolute Gasteiger partial charge is 0.123 e. The zero-order valence-electron chi connectivity index (χ0n) is 7.61. The maximum Gasteiger partial charge on any atom is 0.123 e. The highest BCUT2D eigenvalue weighted by Gasteiger charge is 2.00. The molecule has 2 heteroatoms. The molecule has 0 atom stereocenters. The van der Waals surface area contributed by atoms with Gasteiger partial charge in [-0.1, -0.05) is 24.2 Å². The summed E-state index contributed by atoms with van der Waals surface area (Å²) in [6.45, 7) is 5.56. The van der Waals surface area contributed by atoms with Crippen LogP contribution in [-0.4, -0.2) is 0 Å². The van der Waals surface area contributed by atoms with Gasteiger partial charge < -0.3 is 0 Å². The van der Waals surface area contributed by atoms with Gasteiger partial charge in [-0.25, -0.2) is 4.39 Å². The molecular weight excluding hydrogens is 187 g/mol. The van der Waals surface area contributed by atoms with Gasteiger partial charge in [-0.2, -0.15) is 0 Å². The standard InChI is InChI=1S/C11H12ClF/c1-8-3-6-11(13)7-10(8)5-4-9(2)12/h3,6-7H,2,4-5H2,1H3. The van der Waals surface area contributed by atoms with Crippen LogP contribution < -0.4 is 0 Å². The Morgan fingerprint density at radius 3 is 2.85 bits per heavy atom. The van der Waals surface area contributed by atoms with Gasteiger partial charge in [0, 0.05) is 5.03 Å². The van der Waals surface area contributed by atoms with Gasteiger partial charge in [-0.15, -0.1) is 0 Å². The first-order valence-electron chi connectivity index (χ1n) is 4.18. The van der Waals surface area contributed by atoms with Crippen LogP contribution in [0.25, 0.3) is 0 Å². The Morgan fingerprint density at radius 2 is 2.23 bits per heavy atom. The minimum Gasteiger partial charge on any atom is -0.207 e. The monoisotopic (exact) mass is 198 g/mol. The number of rotatable bonds is 3. The molecular formula is C11H12ClF. The zero-order valence-corrected chi connectivity index (χ0v) is 8.37. The van der Waals surface area contributed by atoms with Crippen molar-refractivity contribution in [2.45, 2.75) is 19.8 Å². The first kappa shape index (κ1) is 10.3. The largest absolute Gasteiger partial charge is 0.207 e. The number of allylic oxidation sites excluding steroid dienone is 1. The molecule has 0 unspecified atom stereocenters. The molecule has 1 aromatic carbocycles. The van der Waals surface area contributed by atoms with Crippen molar-refractivity contribution in [1.82, 2.24) is 0 Å². The van der Waals surface area contributed by atoms with Crippen LogP contribution in [0.3, 0.4) is 0 Å². The Labute approximate surface area is 83.0 Å². The molecule has 1 rings (SSSR count). The summed E-state index contributed by atoms with van der Waals surface area (Å²) in [6, 6.07) is 4.80. The van der Waals surface area contributed by atoms with Crippen molar-refractivity contribution < 1.29 is 4.39 Å². The topological polar surface area (TPSA) is 0 Å². The van der Waals surface area contributed by atoms with Crippen molar-refractivity contribution in [2.75, 3.05) is 0 Å². The van der Waals surface area contributed by atoms with Gasteiger partial charge in [0.1, 0.15) is 5.82 Å². The molecule has 0 aliphatic carbocycles. The summed E-state index contributed by atoms with van der Waals surface area (Å²) in [5, 5.41) is 0.615. The van der Waals surface area contributed by atoms with Gasteiger partial charge in [-0.3, -0.25) is 0 Å². The lowest BCUT2D eigenvalue weighted by molar-refractivity contribution is 0.624. The van der Waals surface area contributed by atoms with Crippen LogP contribution in [-0.2, 0) is 6.42 Å². The fraction of sp³-hybridized carbons (Fsp3) is 0.273. The van der Waals surface area contributed by atoms with Crippen LogP contribution in [0.1, 0.15) is 17.5 Å². The zero-order chi connectivity index (χ0) is 9.84. The summed E-state index contributed by atoms with van der Waals surface area (Å²) in [4.78, 5) is 0. The van der Waals surface area contributed by atoms with Crippen molar-refractivity contribution in [2.24, 2.45) is 0 Å². The first-order valence-corrected chi connectivity index (χ1v) is 4.55. The van der Waals surface area contributed by atoms with Crippen molar-refractivity contribution in [3.63, 3.8) is 0 Å².